The number of benzene rings is 3. The first kappa shape index (κ1) is 30.4. The smallest absolute Gasteiger partial charge is 0.287 e. The van der Waals surface area contributed by atoms with Crippen LogP contribution in [-0.4, -0.2) is 50.2 Å². The van der Waals surface area contributed by atoms with Gasteiger partial charge in [-0.15, -0.1) is 10.2 Å². The number of methoxy groups -OCH3 is 1. The van der Waals surface area contributed by atoms with Crippen LogP contribution in [0, 0.1) is 6.92 Å². The molecule has 1 N–H and O–H groups in total. The van der Waals surface area contributed by atoms with Crippen molar-refractivity contribution >= 4 is 45.2 Å². The Kier molecular flexibility index (Phi) is 9.13. The molecule has 12 heteroatoms. The van der Waals surface area contributed by atoms with E-state index >= 15 is 0 Å². The van der Waals surface area contributed by atoms with Crippen LogP contribution in [0.3, 0.4) is 0 Å². The lowest BCUT2D eigenvalue weighted by molar-refractivity contribution is -0.130. The summed E-state index contributed by atoms with van der Waals surface area (Å²) in [6, 6.07) is 26.5. The SMILES string of the molecule is COc1ccc(C2CC(c3ccc(Br)cc3)=NN2C(=O)CSc2nnc(CNC(=O)c3ccco3)n2-c2cccc(C)c2)cc1. The average molecular weight is 686 g/mol. The highest BCUT2D eigenvalue weighted by molar-refractivity contribution is 9.10. The van der Waals surface area contributed by atoms with E-state index in [1.165, 1.54) is 18.0 Å². The number of rotatable bonds is 10. The highest BCUT2D eigenvalue weighted by atomic mass is 79.9. The maximum absolute atomic E-state index is 13.9. The summed E-state index contributed by atoms with van der Waals surface area (Å²) < 4.78 is 13.4. The van der Waals surface area contributed by atoms with Gasteiger partial charge in [0.15, 0.2) is 16.7 Å². The molecule has 228 valence electrons. The Morgan fingerprint density at radius 3 is 2.56 bits per heavy atom. The molecule has 2 amide bonds. The fraction of sp³-hybridized carbons (Fsp3) is 0.182. The topological polar surface area (TPSA) is 115 Å². The Labute approximate surface area is 272 Å². The zero-order chi connectivity index (χ0) is 31.3. The third kappa shape index (κ3) is 6.86. The van der Waals surface area contributed by atoms with Crippen molar-refractivity contribution in [1.82, 2.24) is 25.1 Å². The lowest BCUT2D eigenvalue weighted by Gasteiger charge is -2.22. The van der Waals surface area contributed by atoms with E-state index < -0.39 is 0 Å². The molecule has 0 aliphatic carbocycles. The van der Waals surface area contributed by atoms with Crippen LogP contribution in [-0.2, 0) is 11.3 Å². The first-order chi connectivity index (χ1) is 21.9. The van der Waals surface area contributed by atoms with Gasteiger partial charge in [0.1, 0.15) is 5.75 Å². The molecule has 1 aliphatic rings. The summed E-state index contributed by atoms with van der Waals surface area (Å²) in [6.07, 6.45) is 2.02. The van der Waals surface area contributed by atoms with E-state index in [1.807, 2.05) is 84.3 Å². The average Bonchev–Trinajstić information content (AvgIpc) is 3.83. The normalized spacial score (nSPS) is 14.3. The summed E-state index contributed by atoms with van der Waals surface area (Å²) >= 11 is 4.76. The second-order valence-corrected chi connectivity index (χ2v) is 12.2. The van der Waals surface area contributed by atoms with Crippen molar-refractivity contribution in [2.45, 2.75) is 31.1 Å². The molecule has 3 heterocycles. The Bertz CT molecular complexity index is 1840. The molecular formula is C33H29BrN6O4S. The summed E-state index contributed by atoms with van der Waals surface area (Å²) in [5.41, 5.74) is 4.62. The second-order valence-electron chi connectivity index (χ2n) is 10.3. The number of hydrogen-bond donors (Lipinski definition) is 1. The predicted octanol–water partition coefficient (Wildman–Crippen LogP) is 6.34. The summed E-state index contributed by atoms with van der Waals surface area (Å²) in [6.45, 7) is 2.11. The molecule has 3 aromatic carbocycles. The molecule has 1 aliphatic heterocycles. The van der Waals surface area contributed by atoms with Crippen LogP contribution in [0.2, 0.25) is 0 Å². The van der Waals surface area contributed by atoms with E-state index in [9.17, 15) is 9.59 Å². The molecule has 6 rings (SSSR count). The number of hydrazone groups is 1. The molecule has 0 fully saturated rings. The highest BCUT2D eigenvalue weighted by Crippen LogP contribution is 2.35. The lowest BCUT2D eigenvalue weighted by Crippen LogP contribution is -2.28. The molecular weight excluding hydrogens is 656 g/mol. The van der Waals surface area contributed by atoms with Crippen LogP contribution >= 0.6 is 27.7 Å². The largest absolute Gasteiger partial charge is 0.497 e. The molecule has 10 nitrogen and oxygen atoms in total. The number of aromatic nitrogens is 3. The van der Waals surface area contributed by atoms with Gasteiger partial charge in [-0.2, -0.15) is 5.10 Å². The molecule has 0 bridgehead atoms. The number of halogens is 1. The lowest BCUT2D eigenvalue weighted by atomic mass is 9.98. The number of carbonyl (C=O) groups excluding carboxylic acids is 2. The van der Waals surface area contributed by atoms with Crippen LogP contribution in [0.1, 0.15) is 45.5 Å². The monoisotopic (exact) mass is 684 g/mol. The first-order valence-corrected chi connectivity index (χ1v) is 15.9. The summed E-state index contributed by atoms with van der Waals surface area (Å²) in [4.78, 5) is 26.4. The van der Waals surface area contributed by atoms with Gasteiger partial charge in [-0.05, 0) is 72.1 Å². The number of amides is 2. The highest BCUT2D eigenvalue weighted by Gasteiger charge is 2.33. The molecule has 0 radical (unpaired) electrons. The number of nitrogens with zero attached hydrogens (tertiary/aromatic N) is 5. The molecule has 0 spiro atoms. The minimum absolute atomic E-state index is 0.0759. The van der Waals surface area contributed by atoms with Crippen molar-refractivity contribution in [3.63, 3.8) is 0 Å². The predicted molar refractivity (Wildman–Crippen MR) is 175 cm³/mol. The Balaban J connectivity index is 1.25. The van der Waals surface area contributed by atoms with Gasteiger partial charge in [-0.1, -0.05) is 64.1 Å². The van der Waals surface area contributed by atoms with Crippen molar-refractivity contribution in [2.24, 2.45) is 5.10 Å². The van der Waals surface area contributed by atoms with Crippen molar-refractivity contribution in [2.75, 3.05) is 12.9 Å². The van der Waals surface area contributed by atoms with Gasteiger partial charge in [0.2, 0.25) is 0 Å². The fourth-order valence-corrected chi connectivity index (χ4v) is 6.11. The van der Waals surface area contributed by atoms with Crippen LogP contribution in [0.5, 0.6) is 5.75 Å². The van der Waals surface area contributed by atoms with Crippen molar-refractivity contribution in [3.8, 4) is 11.4 Å². The minimum Gasteiger partial charge on any atom is -0.497 e. The Morgan fingerprint density at radius 1 is 1.04 bits per heavy atom. The third-order valence-electron chi connectivity index (χ3n) is 7.28. The molecule has 2 aromatic heterocycles. The number of hydrogen-bond acceptors (Lipinski definition) is 8. The van der Waals surface area contributed by atoms with E-state index in [4.69, 9.17) is 14.3 Å². The summed E-state index contributed by atoms with van der Waals surface area (Å²) in [7, 11) is 1.63. The van der Waals surface area contributed by atoms with Gasteiger partial charge in [-0.3, -0.25) is 14.2 Å². The first-order valence-electron chi connectivity index (χ1n) is 14.1. The molecule has 5 aromatic rings. The minimum atomic E-state index is -0.360. The van der Waals surface area contributed by atoms with Crippen LogP contribution in [0.25, 0.3) is 5.69 Å². The summed E-state index contributed by atoms with van der Waals surface area (Å²) in [5, 5.41) is 18.5. The number of furan rings is 1. The second kappa shape index (κ2) is 13.5. The van der Waals surface area contributed by atoms with E-state index in [0.29, 0.717) is 17.4 Å². The van der Waals surface area contributed by atoms with Crippen LogP contribution < -0.4 is 10.1 Å². The standard InChI is InChI=1S/C33H29BrN6O4S/c1-21-5-3-6-25(17-21)39-30(19-35-32(42)29-7-4-16-44-29)36-37-33(39)45-20-31(41)40-28(23-10-14-26(43-2)15-11-23)18-27(38-40)22-8-12-24(34)13-9-22/h3-17,28H,18-20H2,1-2H3,(H,35,42). The summed E-state index contributed by atoms with van der Waals surface area (Å²) in [5.74, 6) is 1.01. The maximum Gasteiger partial charge on any atom is 0.287 e. The van der Waals surface area contributed by atoms with Gasteiger partial charge in [-0.25, -0.2) is 5.01 Å². The number of carbonyl (C=O) groups is 2. The molecule has 45 heavy (non-hydrogen) atoms. The van der Waals surface area contributed by atoms with Crippen LogP contribution in [0.4, 0.5) is 0 Å². The maximum atomic E-state index is 13.9. The quantitative estimate of drug-likeness (QED) is 0.171. The van der Waals surface area contributed by atoms with Gasteiger partial charge < -0.3 is 14.5 Å². The van der Waals surface area contributed by atoms with Crippen molar-refractivity contribution < 1.29 is 18.7 Å². The number of aryl methyl sites for hydroxylation is 1. The van der Waals surface area contributed by atoms with Gasteiger partial charge in [0, 0.05) is 16.6 Å². The van der Waals surface area contributed by atoms with E-state index in [2.05, 4.69) is 31.4 Å². The van der Waals surface area contributed by atoms with E-state index in [-0.39, 0.29) is 35.9 Å². The Hall–Kier alpha value is -4.68. The molecule has 0 saturated heterocycles. The fourth-order valence-electron chi connectivity index (χ4n) is 5.02. The molecule has 1 atom stereocenters. The molecule has 1 unspecified atom stereocenters. The van der Waals surface area contributed by atoms with Gasteiger partial charge in [0.05, 0.1) is 37.4 Å². The number of nitrogens with one attached hydrogen (secondary N) is 1. The zero-order valence-corrected chi connectivity index (χ0v) is 26.9. The van der Waals surface area contributed by atoms with Gasteiger partial charge in [0.25, 0.3) is 11.8 Å². The van der Waals surface area contributed by atoms with Crippen LogP contribution in [0.15, 0.2) is 110 Å². The third-order valence-corrected chi connectivity index (χ3v) is 8.72. The van der Waals surface area contributed by atoms with E-state index in [1.54, 1.807) is 24.3 Å². The van der Waals surface area contributed by atoms with Crippen molar-refractivity contribution in [3.05, 3.63) is 124 Å². The van der Waals surface area contributed by atoms with Gasteiger partial charge >= 0.3 is 0 Å². The number of ether oxygens (including phenoxy) is 1. The zero-order valence-electron chi connectivity index (χ0n) is 24.5. The van der Waals surface area contributed by atoms with E-state index in [0.717, 1.165) is 38.3 Å². The van der Waals surface area contributed by atoms with Crippen molar-refractivity contribution in [1.29, 1.82) is 0 Å². The Morgan fingerprint density at radius 2 is 1.84 bits per heavy atom. The number of thioether (sulfide) groups is 1. The molecule has 0 saturated carbocycles.